The zero-order valence-corrected chi connectivity index (χ0v) is 10.8. The van der Waals surface area contributed by atoms with Crippen LogP contribution in [-0.2, 0) is 4.74 Å². The molecule has 0 amide bonds. The molecule has 0 aromatic heterocycles. The molecule has 0 unspecified atom stereocenters. The van der Waals surface area contributed by atoms with E-state index in [0.29, 0.717) is 0 Å². The minimum atomic E-state index is -0.389. The van der Waals surface area contributed by atoms with Crippen molar-refractivity contribution in [2.24, 2.45) is 0 Å². The number of ether oxygens (including phenoxy) is 1. The molecule has 3 nitrogen and oxygen atoms in total. The van der Waals surface area contributed by atoms with E-state index in [1.54, 1.807) is 6.21 Å². The Bertz CT molecular complexity index is 276. The molecule has 0 heterocycles. The summed E-state index contributed by atoms with van der Waals surface area (Å²) < 4.78 is 6.75. The van der Waals surface area contributed by atoms with E-state index in [1.807, 2.05) is 27.7 Å². The van der Waals surface area contributed by atoms with Gasteiger partial charge < -0.3 is 9.94 Å². The highest BCUT2D eigenvalue weighted by Gasteiger charge is 2.20. The smallest absolute Gasteiger partial charge is 0.180 e. The van der Waals surface area contributed by atoms with E-state index in [4.69, 9.17) is 4.74 Å². The first-order chi connectivity index (χ1) is 7.39. The van der Waals surface area contributed by atoms with Crippen LogP contribution in [0.15, 0.2) is 12.2 Å². The molecule has 0 aromatic carbocycles. The molecule has 1 aliphatic rings. The minimum absolute atomic E-state index is 0.135. The second-order valence-corrected chi connectivity index (χ2v) is 5.38. The fraction of sp³-hybridized carbons (Fsp3) is 0.769. The van der Waals surface area contributed by atoms with Crippen molar-refractivity contribution >= 4 is 6.21 Å². The lowest BCUT2D eigenvalue weighted by molar-refractivity contribution is -0.533. The second kappa shape index (κ2) is 5.48. The van der Waals surface area contributed by atoms with E-state index >= 15 is 0 Å². The summed E-state index contributed by atoms with van der Waals surface area (Å²) in [5.41, 5.74) is -0.389. The fourth-order valence-electron chi connectivity index (χ4n) is 1.62. The van der Waals surface area contributed by atoms with Crippen molar-refractivity contribution in [1.82, 2.24) is 0 Å². The number of rotatable bonds is 3. The summed E-state index contributed by atoms with van der Waals surface area (Å²) in [7, 11) is 0. The van der Waals surface area contributed by atoms with Crippen LogP contribution in [0.1, 0.15) is 47.0 Å². The standard InChI is InChI=1S/C13H23NO2/c1-11(10-14(15)13(2,3)4)16-12-8-6-5-7-9-12/h6,8,10-12H,5,7,9H2,1-4H3/b14-10-/t11-,12-/m0/s1. The lowest BCUT2D eigenvalue weighted by Gasteiger charge is -2.22. The molecule has 0 bridgehead atoms. The van der Waals surface area contributed by atoms with Crippen LogP contribution in [0.4, 0.5) is 0 Å². The number of allylic oxidation sites excluding steroid dienone is 1. The Morgan fingerprint density at radius 3 is 2.69 bits per heavy atom. The molecular formula is C13H23NO2. The van der Waals surface area contributed by atoms with Crippen LogP contribution in [-0.4, -0.2) is 28.7 Å². The van der Waals surface area contributed by atoms with E-state index in [0.717, 1.165) is 17.6 Å². The van der Waals surface area contributed by atoms with Gasteiger partial charge in [0, 0.05) is 20.8 Å². The van der Waals surface area contributed by atoms with Crippen molar-refractivity contribution < 1.29 is 9.48 Å². The van der Waals surface area contributed by atoms with Gasteiger partial charge >= 0.3 is 0 Å². The Kier molecular flexibility index (Phi) is 4.54. The second-order valence-electron chi connectivity index (χ2n) is 5.38. The third-order valence-corrected chi connectivity index (χ3v) is 2.61. The topological polar surface area (TPSA) is 35.3 Å². The van der Waals surface area contributed by atoms with Gasteiger partial charge in [-0.15, -0.1) is 0 Å². The number of hydrogen-bond donors (Lipinski definition) is 0. The molecule has 3 heteroatoms. The Morgan fingerprint density at radius 1 is 1.50 bits per heavy atom. The summed E-state index contributed by atoms with van der Waals surface area (Å²) in [5.74, 6) is 0. The van der Waals surface area contributed by atoms with Crippen LogP contribution in [0.5, 0.6) is 0 Å². The lowest BCUT2D eigenvalue weighted by Crippen LogP contribution is -2.33. The summed E-state index contributed by atoms with van der Waals surface area (Å²) in [6.45, 7) is 7.59. The van der Waals surface area contributed by atoms with Gasteiger partial charge in [-0.25, -0.2) is 4.74 Å². The van der Waals surface area contributed by atoms with Gasteiger partial charge in [0.1, 0.15) is 6.10 Å². The van der Waals surface area contributed by atoms with Gasteiger partial charge in [-0.05, 0) is 26.2 Å². The largest absolute Gasteiger partial charge is 0.624 e. The Balaban J connectivity index is 2.49. The van der Waals surface area contributed by atoms with E-state index in [1.165, 1.54) is 6.42 Å². The van der Waals surface area contributed by atoms with Gasteiger partial charge in [-0.1, -0.05) is 12.2 Å². The predicted octanol–water partition coefficient (Wildman–Crippen LogP) is 2.88. The average Bonchev–Trinajstić information content (AvgIpc) is 2.17. The minimum Gasteiger partial charge on any atom is -0.624 e. The number of hydrogen-bond acceptors (Lipinski definition) is 2. The quantitative estimate of drug-likeness (QED) is 0.243. The van der Waals surface area contributed by atoms with Crippen LogP contribution in [0.3, 0.4) is 0 Å². The maximum atomic E-state index is 11.7. The van der Waals surface area contributed by atoms with Gasteiger partial charge in [0.05, 0.1) is 6.10 Å². The Labute approximate surface area is 98.4 Å². The highest BCUT2D eigenvalue weighted by Crippen LogP contribution is 2.15. The summed E-state index contributed by atoms with van der Waals surface area (Å²) in [4.78, 5) is 0. The van der Waals surface area contributed by atoms with Crippen LogP contribution in [0.2, 0.25) is 0 Å². The maximum Gasteiger partial charge on any atom is 0.180 e. The van der Waals surface area contributed by atoms with Gasteiger partial charge in [-0.2, -0.15) is 0 Å². The van der Waals surface area contributed by atoms with Crippen molar-refractivity contribution in [2.45, 2.75) is 64.7 Å². The lowest BCUT2D eigenvalue weighted by atomic mass is 10.1. The van der Waals surface area contributed by atoms with E-state index < -0.39 is 0 Å². The zero-order valence-electron chi connectivity index (χ0n) is 10.8. The first-order valence-corrected chi connectivity index (χ1v) is 6.03. The fourth-order valence-corrected chi connectivity index (χ4v) is 1.62. The van der Waals surface area contributed by atoms with Crippen LogP contribution >= 0.6 is 0 Å². The molecule has 0 fully saturated rings. The first kappa shape index (κ1) is 13.2. The van der Waals surface area contributed by atoms with Crippen molar-refractivity contribution in [3.8, 4) is 0 Å². The highest BCUT2D eigenvalue weighted by atomic mass is 16.5. The summed E-state index contributed by atoms with van der Waals surface area (Å²) in [6.07, 6.45) is 9.28. The Morgan fingerprint density at radius 2 is 2.19 bits per heavy atom. The van der Waals surface area contributed by atoms with E-state index in [2.05, 4.69) is 12.2 Å². The molecule has 16 heavy (non-hydrogen) atoms. The van der Waals surface area contributed by atoms with Crippen molar-refractivity contribution in [3.63, 3.8) is 0 Å². The Hall–Kier alpha value is -0.830. The summed E-state index contributed by atoms with van der Waals surface area (Å²) in [5, 5.41) is 11.7. The molecule has 0 N–H and O–H groups in total. The monoisotopic (exact) mass is 225 g/mol. The highest BCUT2D eigenvalue weighted by molar-refractivity contribution is 5.57. The van der Waals surface area contributed by atoms with Crippen molar-refractivity contribution in [3.05, 3.63) is 17.4 Å². The number of nitrogens with zero attached hydrogens (tertiary/aromatic N) is 1. The maximum absolute atomic E-state index is 11.7. The summed E-state index contributed by atoms with van der Waals surface area (Å²) >= 11 is 0. The third kappa shape index (κ3) is 4.35. The molecule has 0 radical (unpaired) electrons. The molecule has 0 spiro atoms. The van der Waals surface area contributed by atoms with Crippen LogP contribution < -0.4 is 0 Å². The van der Waals surface area contributed by atoms with Crippen molar-refractivity contribution in [1.29, 1.82) is 0 Å². The molecule has 1 rings (SSSR count). The molecular weight excluding hydrogens is 202 g/mol. The molecule has 0 saturated heterocycles. The van der Waals surface area contributed by atoms with Crippen LogP contribution in [0, 0.1) is 5.21 Å². The van der Waals surface area contributed by atoms with Gasteiger partial charge in [0.25, 0.3) is 0 Å². The summed E-state index contributed by atoms with van der Waals surface area (Å²) in [6, 6.07) is 0. The van der Waals surface area contributed by atoms with Gasteiger partial charge in [-0.3, -0.25) is 0 Å². The SMILES string of the molecule is C[C@@H](/C=[N+](\[O-])C(C)(C)C)O[C@H]1C=CCCC1. The normalized spacial score (nSPS) is 24.5. The molecule has 0 saturated carbocycles. The molecule has 0 aromatic rings. The van der Waals surface area contributed by atoms with Crippen molar-refractivity contribution in [2.75, 3.05) is 0 Å². The molecule has 0 aliphatic heterocycles. The van der Waals surface area contributed by atoms with Gasteiger partial charge in [0.2, 0.25) is 0 Å². The van der Waals surface area contributed by atoms with E-state index in [9.17, 15) is 5.21 Å². The van der Waals surface area contributed by atoms with Gasteiger partial charge in [0.15, 0.2) is 11.8 Å². The van der Waals surface area contributed by atoms with Crippen LogP contribution in [0.25, 0.3) is 0 Å². The predicted molar refractivity (Wildman–Crippen MR) is 66.8 cm³/mol. The number of hydroxylamine groups is 1. The molecule has 2 atom stereocenters. The van der Waals surface area contributed by atoms with E-state index in [-0.39, 0.29) is 17.7 Å². The average molecular weight is 225 g/mol. The third-order valence-electron chi connectivity index (χ3n) is 2.61. The first-order valence-electron chi connectivity index (χ1n) is 6.03. The molecule has 1 aliphatic carbocycles. The zero-order chi connectivity index (χ0) is 12.2. The molecule has 92 valence electrons.